The zero-order chi connectivity index (χ0) is 12.1. The summed E-state index contributed by atoms with van der Waals surface area (Å²) in [5.74, 6) is 1.04. The number of halogens is 1. The number of aromatic nitrogens is 2. The molecule has 5 heteroatoms. The summed E-state index contributed by atoms with van der Waals surface area (Å²) in [5, 5.41) is 12.7. The predicted molar refractivity (Wildman–Crippen MR) is 65.8 cm³/mol. The van der Waals surface area contributed by atoms with E-state index in [4.69, 9.17) is 11.6 Å². The molecule has 0 saturated carbocycles. The van der Waals surface area contributed by atoms with Gasteiger partial charge in [0.15, 0.2) is 0 Å². The van der Waals surface area contributed by atoms with Crippen LogP contribution in [0.5, 0.6) is 0 Å². The standard InChI is InChI=1S/C11H18ClN3O/c1-4-8-5-13-11(12)15-10(8)14-9(6-16)7(2)3/h5,7,9,16H,4,6H2,1-3H3,(H,13,14,15). The van der Waals surface area contributed by atoms with Crippen molar-refractivity contribution >= 4 is 17.4 Å². The van der Waals surface area contributed by atoms with E-state index in [0.717, 1.165) is 17.8 Å². The predicted octanol–water partition coefficient (Wildman–Crippen LogP) is 2.12. The second-order valence-electron chi connectivity index (χ2n) is 4.04. The van der Waals surface area contributed by atoms with Gasteiger partial charge in [-0.05, 0) is 23.9 Å². The molecule has 0 aromatic carbocycles. The van der Waals surface area contributed by atoms with Crippen LogP contribution in [-0.2, 0) is 6.42 Å². The molecular formula is C11H18ClN3O. The van der Waals surface area contributed by atoms with E-state index in [-0.39, 0.29) is 17.9 Å². The molecule has 0 saturated heterocycles. The van der Waals surface area contributed by atoms with Gasteiger partial charge in [0.05, 0.1) is 12.6 Å². The van der Waals surface area contributed by atoms with Gasteiger partial charge in [0.1, 0.15) is 5.82 Å². The maximum atomic E-state index is 9.25. The Hall–Kier alpha value is -0.870. The molecule has 1 aromatic rings. The average molecular weight is 244 g/mol. The first-order valence-electron chi connectivity index (χ1n) is 5.47. The third-order valence-corrected chi connectivity index (χ3v) is 2.72. The summed E-state index contributed by atoms with van der Waals surface area (Å²) in [6.07, 6.45) is 2.54. The lowest BCUT2D eigenvalue weighted by Crippen LogP contribution is -2.30. The minimum absolute atomic E-state index is 0.0173. The van der Waals surface area contributed by atoms with Crippen LogP contribution in [0.4, 0.5) is 5.82 Å². The van der Waals surface area contributed by atoms with E-state index in [0.29, 0.717) is 5.92 Å². The van der Waals surface area contributed by atoms with Crippen LogP contribution < -0.4 is 5.32 Å². The maximum absolute atomic E-state index is 9.25. The average Bonchev–Trinajstić information content (AvgIpc) is 2.25. The molecule has 0 spiro atoms. The molecule has 90 valence electrons. The van der Waals surface area contributed by atoms with Gasteiger partial charge in [0.2, 0.25) is 5.28 Å². The Morgan fingerprint density at radius 3 is 2.69 bits per heavy atom. The van der Waals surface area contributed by atoms with Crippen LogP contribution in [-0.4, -0.2) is 27.7 Å². The second-order valence-corrected chi connectivity index (χ2v) is 4.38. The summed E-state index contributed by atoms with van der Waals surface area (Å²) in [4.78, 5) is 8.09. The molecule has 0 aliphatic rings. The minimum Gasteiger partial charge on any atom is -0.394 e. The highest BCUT2D eigenvalue weighted by atomic mass is 35.5. The van der Waals surface area contributed by atoms with E-state index >= 15 is 0 Å². The van der Waals surface area contributed by atoms with Crippen molar-refractivity contribution in [1.82, 2.24) is 9.97 Å². The Labute approximate surface area is 101 Å². The van der Waals surface area contributed by atoms with Crippen molar-refractivity contribution in [3.05, 3.63) is 17.0 Å². The number of aryl methyl sites for hydroxylation is 1. The molecule has 1 rings (SSSR count). The van der Waals surface area contributed by atoms with E-state index in [1.165, 1.54) is 0 Å². The van der Waals surface area contributed by atoms with E-state index in [1.807, 2.05) is 20.8 Å². The van der Waals surface area contributed by atoms with Crippen LogP contribution >= 0.6 is 11.6 Å². The molecule has 2 N–H and O–H groups in total. The number of hydrogen-bond acceptors (Lipinski definition) is 4. The van der Waals surface area contributed by atoms with Crippen LogP contribution in [0.2, 0.25) is 5.28 Å². The highest BCUT2D eigenvalue weighted by Crippen LogP contribution is 2.17. The van der Waals surface area contributed by atoms with Gasteiger partial charge in [-0.3, -0.25) is 0 Å². The van der Waals surface area contributed by atoms with Gasteiger partial charge in [-0.2, -0.15) is 0 Å². The molecule has 1 aromatic heterocycles. The largest absolute Gasteiger partial charge is 0.394 e. The normalized spacial score (nSPS) is 12.9. The lowest BCUT2D eigenvalue weighted by Gasteiger charge is -2.21. The fourth-order valence-corrected chi connectivity index (χ4v) is 1.50. The highest BCUT2D eigenvalue weighted by Gasteiger charge is 2.14. The van der Waals surface area contributed by atoms with Crippen LogP contribution in [0, 0.1) is 5.92 Å². The molecule has 0 bridgehead atoms. The van der Waals surface area contributed by atoms with Crippen molar-refractivity contribution in [2.45, 2.75) is 33.2 Å². The van der Waals surface area contributed by atoms with Gasteiger partial charge in [-0.25, -0.2) is 9.97 Å². The summed E-state index contributed by atoms with van der Waals surface area (Å²) < 4.78 is 0. The molecular weight excluding hydrogens is 226 g/mol. The smallest absolute Gasteiger partial charge is 0.224 e. The van der Waals surface area contributed by atoms with Crippen molar-refractivity contribution in [1.29, 1.82) is 0 Å². The van der Waals surface area contributed by atoms with E-state index in [2.05, 4.69) is 15.3 Å². The number of aliphatic hydroxyl groups is 1. The summed E-state index contributed by atoms with van der Waals surface area (Å²) >= 11 is 5.76. The monoisotopic (exact) mass is 243 g/mol. The molecule has 16 heavy (non-hydrogen) atoms. The summed E-state index contributed by atoms with van der Waals surface area (Å²) in [6.45, 7) is 6.19. The summed E-state index contributed by atoms with van der Waals surface area (Å²) in [6, 6.07) is -0.0173. The number of aliphatic hydroxyl groups excluding tert-OH is 1. The first-order chi connectivity index (χ1) is 7.58. The van der Waals surface area contributed by atoms with Crippen molar-refractivity contribution in [2.24, 2.45) is 5.92 Å². The summed E-state index contributed by atoms with van der Waals surface area (Å²) in [7, 11) is 0. The maximum Gasteiger partial charge on any atom is 0.224 e. The fourth-order valence-electron chi connectivity index (χ4n) is 1.37. The number of nitrogens with zero attached hydrogens (tertiary/aromatic N) is 2. The van der Waals surface area contributed by atoms with Crippen LogP contribution in [0.25, 0.3) is 0 Å². The zero-order valence-electron chi connectivity index (χ0n) is 9.87. The first kappa shape index (κ1) is 13.2. The third kappa shape index (κ3) is 3.32. The Bertz CT molecular complexity index is 344. The highest BCUT2D eigenvalue weighted by molar-refractivity contribution is 6.28. The van der Waals surface area contributed by atoms with Crippen molar-refractivity contribution in [3.63, 3.8) is 0 Å². The van der Waals surface area contributed by atoms with E-state index in [9.17, 15) is 5.11 Å². The van der Waals surface area contributed by atoms with Gasteiger partial charge >= 0.3 is 0 Å². The molecule has 0 radical (unpaired) electrons. The van der Waals surface area contributed by atoms with Gasteiger partial charge in [-0.15, -0.1) is 0 Å². The van der Waals surface area contributed by atoms with Crippen molar-refractivity contribution < 1.29 is 5.11 Å². The SMILES string of the molecule is CCc1cnc(Cl)nc1NC(CO)C(C)C. The van der Waals surface area contributed by atoms with Gasteiger partial charge in [0.25, 0.3) is 0 Å². The number of rotatable bonds is 5. The second kappa shape index (κ2) is 6.01. The zero-order valence-corrected chi connectivity index (χ0v) is 10.6. The lowest BCUT2D eigenvalue weighted by molar-refractivity contribution is 0.249. The molecule has 4 nitrogen and oxygen atoms in total. The topological polar surface area (TPSA) is 58.0 Å². The minimum atomic E-state index is -0.0173. The van der Waals surface area contributed by atoms with Crippen LogP contribution in [0.15, 0.2) is 6.20 Å². The lowest BCUT2D eigenvalue weighted by atomic mass is 10.1. The Balaban J connectivity index is 2.89. The summed E-state index contributed by atoms with van der Waals surface area (Å²) in [5.41, 5.74) is 1.00. The molecule has 1 atom stereocenters. The Kier molecular flexibility index (Phi) is 4.96. The van der Waals surface area contributed by atoms with Crippen molar-refractivity contribution in [2.75, 3.05) is 11.9 Å². The molecule has 0 amide bonds. The Morgan fingerprint density at radius 1 is 1.50 bits per heavy atom. The molecule has 0 fully saturated rings. The number of nitrogens with one attached hydrogen (secondary N) is 1. The molecule has 0 aliphatic heterocycles. The van der Waals surface area contributed by atoms with E-state index in [1.54, 1.807) is 6.20 Å². The van der Waals surface area contributed by atoms with Gasteiger partial charge in [-0.1, -0.05) is 20.8 Å². The molecule has 0 aliphatic carbocycles. The fraction of sp³-hybridized carbons (Fsp3) is 0.636. The number of anilines is 1. The Morgan fingerprint density at radius 2 is 2.19 bits per heavy atom. The van der Waals surface area contributed by atoms with E-state index < -0.39 is 0 Å². The van der Waals surface area contributed by atoms with Crippen LogP contribution in [0.1, 0.15) is 26.3 Å². The first-order valence-corrected chi connectivity index (χ1v) is 5.85. The van der Waals surface area contributed by atoms with Gasteiger partial charge < -0.3 is 10.4 Å². The molecule has 1 heterocycles. The molecule has 1 unspecified atom stereocenters. The van der Waals surface area contributed by atoms with Crippen molar-refractivity contribution in [3.8, 4) is 0 Å². The van der Waals surface area contributed by atoms with Gasteiger partial charge in [0, 0.05) is 11.8 Å². The third-order valence-electron chi connectivity index (χ3n) is 2.54. The van der Waals surface area contributed by atoms with Crippen LogP contribution in [0.3, 0.4) is 0 Å². The number of hydrogen-bond donors (Lipinski definition) is 2. The quantitative estimate of drug-likeness (QED) is 0.778.